The molecule has 3 rings (SSSR count). The van der Waals surface area contributed by atoms with Crippen molar-refractivity contribution in [3.63, 3.8) is 0 Å². The summed E-state index contributed by atoms with van der Waals surface area (Å²) < 4.78 is 0. The summed E-state index contributed by atoms with van der Waals surface area (Å²) in [5.41, 5.74) is 1.53. The summed E-state index contributed by atoms with van der Waals surface area (Å²) in [5.74, 6) is 0. The summed E-state index contributed by atoms with van der Waals surface area (Å²) in [6.07, 6.45) is 3.84. The van der Waals surface area contributed by atoms with E-state index in [2.05, 4.69) is 23.2 Å². The number of likely N-dealkylation sites (tertiary alicyclic amines) is 1. The molecule has 2 unspecified atom stereocenters. The van der Waals surface area contributed by atoms with Crippen LogP contribution in [-0.2, 0) is 0 Å². The molecule has 0 amide bonds. The zero-order valence-electron chi connectivity index (χ0n) is 11.1. The Morgan fingerprint density at radius 3 is 2.89 bits per heavy atom. The van der Waals surface area contributed by atoms with Crippen molar-refractivity contribution in [3.8, 4) is 6.07 Å². The smallest absolute Gasteiger partial charge is 0.0992 e. The molecule has 1 aliphatic heterocycles. The quantitative estimate of drug-likeness (QED) is 0.920. The maximum absolute atomic E-state index is 8.95. The highest BCUT2D eigenvalue weighted by atomic mass is 35.5. The maximum atomic E-state index is 8.95. The van der Waals surface area contributed by atoms with Crippen molar-refractivity contribution in [1.82, 2.24) is 4.90 Å². The first kappa shape index (κ1) is 12.8. The van der Waals surface area contributed by atoms with Crippen LogP contribution in [0.2, 0.25) is 5.02 Å². The molecule has 1 saturated carbocycles. The minimum absolute atomic E-state index is 0.432. The molecule has 19 heavy (non-hydrogen) atoms. The largest absolute Gasteiger partial charge is 0.380 e. The Bertz CT molecular complexity index is 519. The Balaban J connectivity index is 1.70. The van der Waals surface area contributed by atoms with E-state index in [1.807, 2.05) is 6.07 Å². The number of rotatable bonds is 3. The molecule has 0 radical (unpaired) electrons. The van der Waals surface area contributed by atoms with Gasteiger partial charge < -0.3 is 5.32 Å². The number of benzene rings is 1. The first-order valence-corrected chi connectivity index (χ1v) is 7.27. The minimum Gasteiger partial charge on any atom is -0.380 e. The van der Waals surface area contributed by atoms with E-state index in [9.17, 15) is 0 Å². The van der Waals surface area contributed by atoms with Gasteiger partial charge in [0, 0.05) is 24.7 Å². The van der Waals surface area contributed by atoms with E-state index in [0.717, 1.165) is 24.7 Å². The van der Waals surface area contributed by atoms with Gasteiger partial charge in [0.15, 0.2) is 0 Å². The molecule has 0 aromatic heterocycles. The predicted octanol–water partition coefficient (Wildman–Crippen LogP) is 3.25. The lowest BCUT2D eigenvalue weighted by Crippen LogP contribution is -2.31. The summed E-state index contributed by atoms with van der Waals surface area (Å²) in [6.45, 7) is 3.38. The van der Waals surface area contributed by atoms with Crippen LogP contribution in [0.15, 0.2) is 18.2 Å². The zero-order chi connectivity index (χ0) is 13.4. The Kier molecular flexibility index (Phi) is 3.38. The maximum Gasteiger partial charge on any atom is 0.0992 e. The van der Waals surface area contributed by atoms with Crippen LogP contribution in [0.4, 0.5) is 5.69 Å². The summed E-state index contributed by atoms with van der Waals surface area (Å²) in [7, 11) is 0. The van der Waals surface area contributed by atoms with E-state index < -0.39 is 0 Å². The zero-order valence-corrected chi connectivity index (χ0v) is 11.8. The van der Waals surface area contributed by atoms with Gasteiger partial charge in [-0.25, -0.2) is 0 Å². The van der Waals surface area contributed by atoms with E-state index in [1.165, 1.54) is 12.8 Å². The predicted molar refractivity (Wildman–Crippen MR) is 77.4 cm³/mol. The standard InChI is InChI=1S/C15H18ClN3/c1-10-6-12(9-19(10)13-3-4-13)18-15-7-11(8-17)2-5-14(15)16/h2,5,7,10,12-13,18H,3-4,6,9H2,1H3. The van der Waals surface area contributed by atoms with Crippen molar-refractivity contribution < 1.29 is 0 Å². The highest BCUT2D eigenvalue weighted by molar-refractivity contribution is 6.33. The highest BCUT2D eigenvalue weighted by Crippen LogP contribution is 2.34. The summed E-state index contributed by atoms with van der Waals surface area (Å²) in [5, 5.41) is 13.1. The molecule has 0 spiro atoms. The topological polar surface area (TPSA) is 39.1 Å². The fourth-order valence-electron chi connectivity index (χ4n) is 3.00. The third-order valence-electron chi connectivity index (χ3n) is 4.09. The molecule has 3 nitrogen and oxygen atoms in total. The molecule has 2 aliphatic rings. The van der Waals surface area contributed by atoms with Crippen LogP contribution in [0.1, 0.15) is 31.7 Å². The Hall–Kier alpha value is -1.24. The molecular weight excluding hydrogens is 258 g/mol. The second-order valence-electron chi connectivity index (χ2n) is 5.66. The lowest BCUT2D eigenvalue weighted by Gasteiger charge is -2.20. The van der Waals surface area contributed by atoms with Crippen LogP contribution in [0, 0.1) is 11.3 Å². The van der Waals surface area contributed by atoms with Crippen molar-refractivity contribution in [3.05, 3.63) is 28.8 Å². The van der Waals surface area contributed by atoms with Gasteiger partial charge in [0.05, 0.1) is 22.3 Å². The minimum atomic E-state index is 0.432. The summed E-state index contributed by atoms with van der Waals surface area (Å²) in [4.78, 5) is 2.60. The van der Waals surface area contributed by atoms with E-state index in [-0.39, 0.29) is 0 Å². The van der Waals surface area contributed by atoms with Gasteiger partial charge in [0.2, 0.25) is 0 Å². The summed E-state index contributed by atoms with van der Waals surface area (Å²) in [6, 6.07) is 9.42. The molecule has 1 N–H and O–H groups in total. The fraction of sp³-hybridized carbons (Fsp3) is 0.533. The van der Waals surface area contributed by atoms with Gasteiger partial charge in [0.1, 0.15) is 0 Å². The summed E-state index contributed by atoms with van der Waals surface area (Å²) >= 11 is 6.19. The number of hydrogen-bond donors (Lipinski definition) is 1. The number of nitriles is 1. The lowest BCUT2D eigenvalue weighted by molar-refractivity contribution is 0.257. The van der Waals surface area contributed by atoms with Gasteiger partial charge in [-0.3, -0.25) is 4.90 Å². The van der Waals surface area contributed by atoms with Crippen LogP contribution in [0.25, 0.3) is 0 Å². The average molecular weight is 276 g/mol. The first-order valence-electron chi connectivity index (χ1n) is 6.89. The van der Waals surface area contributed by atoms with E-state index in [1.54, 1.807) is 12.1 Å². The molecule has 2 fully saturated rings. The molecule has 1 aromatic rings. The molecular formula is C15H18ClN3. The number of hydrogen-bond acceptors (Lipinski definition) is 3. The van der Waals surface area contributed by atoms with Crippen LogP contribution >= 0.6 is 11.6 Å². The SMILES string of the molecule is CC1CC(Nc2cc(C#N)ccc2Cl)CN1C1CC1. The van der Waals surface area contributed by atoms with Crippen LogP contribution < -0.4 is 5.32 Å². The van der Waals surface area contributed by atoms with Crippen molar-refractivity contribution in [1.29, 1.82) is 5.26 Å². The number of nitrogens with one attached hydrogen (secondary N) is 1. The normalized spacial score (nSPS) is 27.2. The second kappa shape index (κ2) is 5.03. The third kappa shape index (κ3) is 2.70. The van der Waals surface area contributed by atoms with Gasteiger partial charge in [0.25, 0.3) is 0 Å². The van der Waals surface area contributed by atoms with Crippen LogP contribution in [0.3, 0.4) is 0 Å². The molecule has 0 bridgehead atoms. The molecule has 100 valence electrons. The number of halogens is 1. The second-order valence-corrected chi connectivity index (χ2v) is 6.07. The van der Waals surface area contributed by atoms with Gasteiger partial charge >= 0.3 is 0 Å². The van der Waals surface area contributed by atoms with E-state index >= 15 is 0 Å². The molecule has 1 aliphatic carbocycles. The van der Waals surface area contributed by atoms with Gasteiger partial charge in [-0.1, -0.05) is 11.6 Å². The van der Waals surface area contributed by atoms with Gasteiger partial charge in [-0.15, -0.1) is 0 Å². The van der Waals surface area contributed by atoms with E-state index in [0.29, 0.717) is 22.7 Å². The van der Waals surface area contributed by atoms with Crippen molar-refractivity contribution in [2.45, 2.75) is 44.3 Å². The van der Waals surface area contributed by atoms with Crippen LogP contribution in [-0.4, -0.2) is 29.6 Å². The Labute approximate surface area is 119 Å². The molecule has 1 aromatic carbocycles. The molecule has 2 atom stereocenters. The van der Waals surface area contributed by atoms with Crippen molar-refractivity contribution in [2.75, 3.05) is 11.9 Å². The molecule has 4 heteroatoms. The van der Waals surface area contributed by atoms with Crippen molar-refractivity contribution in [2.24, 2.45) is 0 Å². The van der Waals surface area contributed by atoms with Gasteiger partial charge in [-0.2, -0.15) is 5.26 Å². The monoisotopic (exact) mass is 275 g/mol. The van der Waals surface area contributed by atoms with E-state index in [4.69, 9.17) is 16.9 Å². The molecule has 1 saturated heterocycles. The Morgan fingerprint density at radius 2 is 2.21 bits per heavy atom. The highest BCUT2D eigenvalue weighted by Gasteiger charge is 2.38. The fourth-order valence-corrected chi connectivity index (χ4v) is 3.17. The van der Waals surface area contributed by atoms with Crippen molar-refractivity contribution >= 4 is 17.3 Å². The Morgan fingerprint density at radius 1 is 1.42 bits per heavy atom. The lowest BCUT2D eigenvalue weighted by atomic mass is 10.1. The third-order valence-corrected chi connectivity index (χ3v) is 4.42. The number of nitrogens with zero attached hydrogens (tertiary/aromatic N) is 2. The first-order chi connectivity index (χ1) is 9.17. The van der Waals surface area contributed by atoms with Gasteiger partial charge in [-0.05, 0) is 44.4 Å². The number of anilines is 1. The molecule has 1 heterocycles. The van der Waals surface area contributed by atoms with Crippen LogP contribution in [0.5, 0.6) is 0 Å². The average Bonchev–Trinajstić information content (AvgIpc) is 3.17.